The maximum absolute atomic E-state index is 11.6. The number of hydrogen-bond acceptors (Lipinski definition) is 2. The summed E-state index contributed by atoms with van der Waals surface area (Å²) in [4.78, 5) is 11.6. The van der Waals surface area contributed by atoms with Gasteiger partial charge in [-0.05, 0) is 30.0 Å². The molecule has 0 saturated heterocycles. The molecule has 0 aromatic heterocycles. The fraction of sp³-hybridized carbons (Fsp3) is 0.500. The Labute approximate surface area is 103 Å². The van der Waals surface area contributed by atoms with E-state index in [1.54, 1.807) is 0 Å². The molecular formula is C14H22N2O. The van der Waals surface area contributed by atoms with Gasteiger partial charge in [-0.1, -0.05) is 32.9 Å². The van der Waals surface area contributed by atoms with Gasteiger partial charge in [0.1, 0.15) is 0 Å². The number of benzene rings is 1. The number of hydrogen-bond donors (Lipinski definition) is 2. The zero-order valence-corrected chi connectivity index (χ0v) is 10.9. The van der Waals surface area contributed by atoms with Gasteiger partial charge in [-0.3, -0.25) is 4.79 Å². The van der Waals surface area contributed by atoms with Crippen molar-refractivity contribution in [3.05, 3.63) is 29.8 Å². The molecule has 17 heavy (non-hydrogen) atoms. The Morgan fingerprint density at radius 1 is 1.29 bits per heavy atom. The smallest absolute Gasteiger partial charge is 0.225 e. The standard InChI is InChI=1S/C14H22N2O/c1-4-12(15)9-14(17)16-13-7-5-11(6-8-13)10(2)3/h5-8,10,12H,4,9,15H2,1-3H3,(H,16,17). The van der Waals surface area contributed by atoms with Crippen LogP contribution in [0.3, 0.4) is 0 Å². The first-order valence-electron chi connectivity index (χ1n) is 6.18. The maximum atomic E-state index is 11.6. The third-order valence-corrected chi connectivity index (χ3v) is 2.83. The van der Waals surface area contributed by atoms with Crippen molar-refractivity contribution in [1.29, 1.82) is 0 Å². The van der Waals surface area contributed by atoms with Gasteiger partial charge in [0, 0.05) is 18.2 Å². The zero-order valence-electron chi connectivity index (χ0n) is 10.9. The summed E-state index contributed by atoms with van der Waals surface area (Å²) in [6.07, 6.45) is 1.20. The molecule has 1 unspecified atom stereocenters. The molecule has 0 aliphatic heterocycles. The Bertz CT molecular complexity index is 357. The number of carbonyl (C=O) groups is 1. The van der Waals surface area contributed by atoms with E-state index in [1.807, 2.05) is 31.2 Å². The van der Waals surface area contributed by atoms with Crippen LogP contribution < -0.4 is 11.1 Å². The Hall–Kier alpha value is -1.35. The minimum absolute atomic E-state index is 0.0170. The monoisotopic (exact) mass is 234 g/mol. The van der Waals surface area contributed by atoms with Crippen LogP contribution in [-0.4, -0.2) is 11.9 Å². The molecule has 0 spiro atoms. The molecule has 3 heteroatoms. The number of carbonyl (C=O) groups excluding carboxylic acids is 1. The minimum atomic E-state index is -0.0510. The van der Waals surface area contributed by atoms with Crippen LogP contribution in [0.5, 0.6) is 0 Å². The van der Waals surface area contributed by atoms with E-state index in [2.05, 4.69) is 19.2 Å². The fourth-order valence-corrected chi connectivity index (χ4v) is 1.55. The van der Waals surface area contributed by atoms with E-state index >= 15 is 0 Å². The van der Waals surface area contributed by atoms with Gasteiger partial charge in [-0.15, -0.1) is 0 Å². The predicted molar refractivity (Wildman–Crippen MR) is 72.0 cm³/mol. The lowest BCUT2D eigenvalue weighted by atomic mass is 10.0. The average molecular weight is 234 g/mol. The van der Waals surface area contributed by atoms with Gasteiger partial charge in [0.25, 0.3) is 0 Å². The summed E-state index contributed by atoms with van der Waals surface area (Å²) in [5.74, 6) is 0.491. The highest BCUT2D eigenvalue weighted by Crippen LogP contribution is 2.17. The molecule has 3 nitrogen and oxygen atoms in total. The van der Waals surface area contributed by atoms with Crippen molar-refractivity contribution in [2.24, 2.45) is 5.73 Å². The van der Waals surface area contributed by atoms with Crippen molar-refractivity contribution in [3.63, 3.8) is 0 Å². The van der Waals surface area contributed by atoms with Crippen LogP contribution in [0.1, 0.15) is 45.1 Å². The first kappa shape index (κ1) is 13.7. The van der Waals surface area contributed by atoms with E-state index in [1.165, 1.54) is 5.56 Å². The largest absolute Gasteiger partial charge is 0.327 e. The van der Waals surface area contributed by atoms with Crippen LogP contribution in [0.2, 0.25) is 0 Å². The lowest BCUT2D eigenvalue weighted by molar-refractivity contribution is -0.116. The van der Waals surface area contributed by atoms with E-state index in [9.17, 15) is 4.79 Å². The van der Waals surface area contributed by atoms with Crippen LogP contribution in [0, 0.1) is 0 Å². The van der Waals surface area contributed by atoms with Crippen molar-refractivity contribution in [3.8, 4) is 0 Å². The van der Waals surface area contributed by atoms with Crippen LogP contribution in [-0.2, 0) is 4.79 Å². The SMILES string of the molecule is CCC(N)CC(=O)Nc1ccc(C(C)C)cc1. The van der Waals surface area contributed by atoms with Gasteiger partial charge in [0.2, 0.25) is 5.91 Å². The normalized spacial score (nSPS) is 12.5. The van der Waals surface area contributed by atoms with E-state index in [-0.39, 0.29) is 11.9 Å². The Balaban J connectivity index is 2.54. The molecule has 0 aliphatic carbocycles. The van der Waals surface area contributed by atoms with E-state index in [0.717, 1.165) is 12.1 Å². The highest BCUT2D eigenvalue weighted by molar-refractivity contribution is 5.91. The fourth-order valence-electron chi connectivity index (χ4n) is 1.55. The van der Waals surface area contributed by atoms with Gasteiger partial charge in [-0.2, -0.15) is 0 Å². The van der Waals surface area contributed by atoms with Crippen LogP contribution >= 0.6 is 0 Å². The second kappa shape index (κ2) is 6.40. The van der Waals surface area contributed by atoms with E-state index in [4.69, 9.17) is 5.73 Å². The molecule has 0 fully saturated rings. The topological polar surface area (TPSA) is 55.1 Å². The number of anilines is 1. The van der Waals surface area contributed by atoms with Crippen molar-refractivity contribution < 1.29 is 4.79 Å². The van der Waals surface area contributed by atoms with Crippen molar-refractivity contribution in [1.82, 2.24) is 0 Å². The first-order valence-corrected chi connectivity index (χ1v) is 6.18. The predicted octanol–water partition coefficient (Wildman–Crippen LogP) is 2.88. The summed E-state index contributed by atoms with van der Waals surface area (Å²) in [7, 11) is 0. The maximum Gasteiger partial charge on any atom is 0.225 e. The van der Waals surface area contributed by atoms with Crippen LogP contribution in [0.25, 0.3) is 0 Å². The first-order chi connectivity index (χ1) is 8.02. The highest BCUT2D eigenvalue weighted by Gasteiger charge is 2.07. The average Bonchev–Trinajstić information content (AvgIpc) is 2.29. The molecule has 1 amide bonds. The molecule has 0 heterocycles. The summed E-state index contributed by atoms with van der Waals surface area (Å²) in [6.45, 7) is 6.27. The summed E-state index contributed by atoms with van der Waals surface area (Å²) in [5, 5.41) is 2.85. The zero-order chi connectivity index (χ0) is 12.8. The molecule has 0 bridgehead atoms. The van der Waals surface area contributed by atoms with Crippen LogP contribution in [0.4, 0.5) is 5.69 Å². The Morgan fingerprint density at radius 3 is 2.35 bits per heavy atom. The molecule has 1 aromatic carbocycles. The summed E-state index contributed by atoms with van der Waals surface area (Å²) in [6, 6.07) is 7.90. The van der Waals surface area contributed by atoms with Gasteiger partial charge in [0.05, 0.1) is 0 Å². The highest BCUT2D eigenvalue weighted by atomic mass is 16.1. The summed E-state index contributed by atoms with van der Waals surface area (Å²) in [5.41, 5.74) is 7.84. The second-order valence-electron chi connectivity index (χ2n) is 4.70. The molecule has 0 aliphatic rings. The number of nitrogens with one attached hydrogen (secondary N) is 1. The van der Waals surface area contributed by atoms with E-state index in [0.29, 0.717) is 12.3 Å². The second-order valence-corrected chi connectivity index (χ2v) is 4.70. The molecule has 1 rings (SSSR count). The van der Waals surface area contributed by atoms with Crippen molar-refractivity contribution >= 4 is 11.6 Å². The van der Waals surface area contributed by atoms with Gasteiger partial charge < -0.3 is 11.1 Å². The number of amides is 1. The van der Waals surface area contributed by atoms with E-state index < -0.39 is 0 Å². The molecule has 1 atom stereocenters. The lowest BCUT2D eigenvalue weighted by Crippen LogP contribution is -2.26. The van der Waals surface area contributed by atoms with Gasteiger partial charge >= 0.3 is 0 Å². The van der Waals surface area contributed by atoms with Crippen molar-refractivity contribution in [2.45, 2.75) is 45.6 Å². The van der Waals surface area contributed by atoms with Gasteiger partial charge in [0.15, 0.2) is 0 Å². The molecule has 0 saturated carbocycles. The number of rotatable bonds is 5. The van der Waals surface area contributed by atoms with Crippen molar-refractivity contribution in [2.75, 3.05) is 5.32 Å². The summed E-state index contributed by atoms with van der Waals surface area (Å²) >= 11 is 0. The quantitative estimate of drug-likeness (QED) is 0.823. The van der Waals surface area contributed by atoms with Crippen LogP contribution in [0.15, 0.2) is 24.3 Å². The molecule has 1 aromatic rings. The Morgan fingerprint density at radius 2 is 1.88 bits per heavy atom. The third kappa shape index (κ3) is 4.57. The third-order valence-electron chi connectivity index (χ3n) is 2.83. The Kier molecular flexibility index (Phi) is 5.16. The molecule has 94 valence electrons. The minimum Gasteiger partial charge on any atom is -0.327 e. The molecule has 0 radical (unpaired) electrons. The van der Waals surface area contributed by atoms with Gasteiger partial charge in [-0.25, -0.2) is 0 Å². The lowest BCUT2D eigenvalue weighted by Gasteiger charge is -2.10. The number of nitrogens with two attached hydrogens (primary N) is 1. The molecular weight excluding hydrogens is 212 g/mol. The molecule has 3 N–H and O–H groups in total. The summed E-state index contributed by atoms with van der Waals surface area (Å²) < 4.78 is 0.